The first-order valence-corrected chi connectivity index (χ1v) is 5.81. The maximum atomic E-state index is 13.3. The van der Waals surface area contributed by atoms with Crippen molar-refractivity contribution in [3.63, 3.8) is 0 Å². The average molecular weight is 302 g/mol. The highest BCUT2D eigenvalue weighted by molar-refractivity contribution is 9.10. The lowest BCUT2D eigenvalue weighted by Crippen LogP contribution is -2.29. The van der Waals surface area contributed by atoms with Crippen LogP contribution in [0.2, 0.25) is 0 Å². The fourth-order valence-electron chi connectivity index (χ4n) is 1.46. The van der Waals surface area contributed by atoms with Crippen molar-refractivity contribution in [2.24, 2.45) is 0 Å². The molecule has 17 heavy (non-hydrogen) atoms. The summed E-state index contributed by atoms with van der Waals surface area (Å²) in [5, 5.41) is 8.73. The first kappa shape index (κ1) is 13.9. The van der Waals surface area contributed by atoms with Gasteiger partial charge in [0, 0.05) is 13.1 Å². The quantitative estimate of drug-likeness (QED) is 0.821. The van der Waals surface area contributed by atoms with E-state index in [-0.39, 0.29) is 12.4 Å². The molecule has 1 aromatic rings. The highest BCUT2D eigenvalue weighted by Gasteiger charge is 2.09. The van der Waals surface area contributed by atoms with Gasteiger partial charge in [-0.2, -0.15) is 0 Å². The summed E-state index contributed by atoms with van der Waals surface area (Å²) < 4.78 is 13.7. The number of carbonyl (C=O) groups is 1. The minimum Gasteiger partial charge on any atom is -0.480 e. The van der Waals surface area contributed by atoms with Crippen LogP contribution in [0.15, 0.2) is 35.3 Å². The number of hydrogen-bond acceptors (Lipinski definition) is 2. The Hall–Kier alpha value is -1.20. The third-order valence-corrected chi connectivity index (χ3v) is 2.78. The standard InChI is InChI=1S/C12H13BrFNO2/c1-2-5-15(8-12(16)17)7-9-3-4-10(13)11(14)6-9/h2-4,6H,1,5,7-8H2,(H,16,17). The Labute approximate surface area is 108 Å². The van der Waals surface area contributed by atoms with Crippen LogP contribution >= 0.6 is 15.9 Å². The maximum absolute atomic E-state index is 13.3. The zero-order chi connectivity index (χ0) is 12.8. The Morgan fingerprint density at radius 1 is 1.59 bits per heavy atom. The molecule has 0 saturated heterocycles. The van der Waals surface area contributed by atoms with Crippen molar-refractivity contribution in [3.8, 4) is 0 Å². The molecule has 0 spiro atoms. The molecule has 92 valence electrons. The lowest BCUT2D eigenvalue weighted by atomic mass is 10.2. The predicted octanol–water partition coefficient (Wildman–Crippen LogP) is 2.66. The summed E-state index contributed by atoms with van der Waals surface area (Å²) in [5.41, 5.74) is 0.730. The summed E-state index contributed by atoms with van der Waals surface area (Å²) in [5.74, 6) is -1.26. The van der Waals surface area contributed by atoms with Gasteiger partial charge >= 0.3 is 5.97 Å². The summed E-state index contributed by atoms with van der Waals surface area (Å²) in [6.07, 6.45) is 1.62. The Morgan fingerprint density at radius 2 is 2.29 bits per heavy atom. The molecule has 0 aliphatic heterocycles. The van der Waals surface area contributed by atoms with Crippen LogP contribution in [-0.2, 0) is 11.3 Å². The van der Waals surface area contributed by atoms with E-state index in [2.05, 4.69) is 22.5 Å². The molecule has 0 aliphatic carbocycles. The van der Waals surface area contributed by atoms with Crippen LogP contribution in [-0.4, -0.2) is 29.1 Å². The molecule has 0 aliphatic rings. The second-order valence-electron chi connectivity index (χ2n) is 3.60. The van der Waals surface area contributed by atoms with E-state index in [0.29, 0.717) is 17.6 Å². The van der Waals surface area contributed by atoms with Gasteiger partial charge in [-0.1, -0.05) is 12.1 Å². The summed E-state index contributed by atoms with van der Waals surface area (Å²) in [4.78, 5) is 12.3. The molecule has 5 heteroatoms. The Morgan fingerprint density at radius 3 is 2.82 bits per heavy atom. The minimum atomic E-state index is -0.913. The molecular formula is C12H13BrFNO2. The van der Waals surface area contributed by atoms with E-state index in [1.807, 2.05) is 0 Å². The Bertz CT molecular complexity index is 423. The van der Waals surface area contributed by atoms with Gasteiger partial charge in [-0.25, -0.2) is 4.39 Å². The SMILES string of the molecule is C=CCN(CC(=O)O)Cc1ccc(Br)c(F)c1. The van der Waals surface area contributed by atoms with Gasteiger partial charge in [0.05, 0.1) is 11.0 Å². The summed E-state index contributed by atoms with van der Waals surface area (Å²) >= 11 is 3.07. The van der Waals surface area contributed by atoms with Crippen molar-refractivity contribution in [1.29, 1.82) is 0 Å². The largest absolute Gasteiger partial charge is 0.480 e. The smallest absolute Gasteiger partial charge is 0.317 e. The molecule has 0 unspecified atom stereocenters. The van der Waals surface area contributed by atoms with Gasteiger partial charge in [0.1, 0.15) is 5.82 Å². The van der Waals surface area contributed by atoms with Crippen molar-refractivity contribution in [1.82, 2.24) is 4.90 Å². The Balaban J connectivity index is 2.74. The van der Waals surface area contributed by atoms with Gasteiger partial charge in [0.25, 0.3) is 0 Å². The van der Waals surface area contributed by atoms with Crippen molar-refractivity contribution in [2.45, 2.75) is 6.54 Å². The van der Waals surface area contributed by atoms with Gasteiger partial charge in [-0.3, -0.25) is 9.69 Å². The molecule has 0 bridgehead atoms. The van der Waals surface area contributed by atoms with Gasteiger partial charge < -0.3 is 5.11 Å². The highest BCUT2D eigenvalue weighted by atomic mass is 79.9. The number of rotatable bonds is 6. The number of aliphatic carboxylic acids is 1. The molecule has 1 N–H and O–H groups in total. The van der Waals surface area contributed by atoms with E-state index in [1.54, 1.807) is 23.1 Å². The molecule has 1 aromatic carbocycles. The van der Waals surface area contributed by atoms with Crippen LogP contribution in [0.1, 0.15) is 5.56 Å². The summed E-state index contributed by atoms with van der Waals surface area (Å²) in [6.45, 7) is 4.30. The van der Waals surface area contributed by atoms with E-state index in [4.69, 9.17) is 5.11 Å². The van der Waals surface area contributed by atoms with Crippen LogP contribution in [0.4, 0.5) is 4.39 Å². The summed E-state index contributed by atoms with van der Waals surface area (Å²) in [6, 6.07) is 4.75. The first-order valence-electron chi connectivity index (χ1n) is 5.02. The van der Waals surface area contributed by atoms with Crippen molar-refractivity contribution in [3.05, 3.63) is 46.7 Å². The van der Waals surface area contributed by atoms with Crippen LogP contribution < -0.4 is 0 Å². The fourth-order valence-corrected chi connectivity index (χ4v) is 1.70. The lowest BCUT2D eigenvalue weighted by Gasteiger charge is -2.18. The molecule has 1 rings (SSSR count). The number of halogens is 2. The topological polar surface area (TPSA) is 40.5 Å². The van der Waals surface area contributed by atoms with Crippen LogP contribution in [0.5, 0.6) is 0 Å². The number of carboxylic acids is 1. The van der Waals surface area contributed by atoms with E-state index in [9.17, 15) is 9.18 Å². The second-order valence-corrected chi connectivity index (χ2v) is 4.45. The number of nitrogens with zero attached hydrogens (tertiary/aromatic N) is 1. The molecule has 0 amide bonds. The average Bonchev–Trinajstić information content (AvgIpc) is 2.23. The highest BCUT2D eigenvalue weighted by Crippen LogP contribution is 2.17. The molecule has 0 fully saturated rings. The van der Waals surface area contributed by atoms with Crippen LogP contribution in [0.25, 0.3) is 0 Å². The number of benzene rings is 1. The zero-order valence-corrected chi connectivity index (χ0v) is 10.8. The lowest BCUT2D eigenvalue weighted by molar-refractivity contribution is -0.138. The second kappa shape index (κ2) is 6.51. The van der Waals surface area contributed by atoms with Crippen molar-refractivity contribution in [2.75, 3.05) is 13.1 Å². The summed E-state index contributed by atoms with van der Waals surface area (Å²) in [7, 11) is 0. The van der Waals surface area contributed by atoms with E-state index >= 15 is 0 Å². The van der Waals surface area contributed by atoms with E-state index in [1.165, 1.54) is 6.07 Å². The molecule has 3 nitrogen and oxygen atoms in total. The van der Waals surface area contributed by atoms with Gasteiger partial charge in [0.15, 0.2) is 0 Å². The minimum absolute atomic E-state index is 0.0935. The molecule has 0 radical (unpaired) electrons. The number of hydrogen-bond donors (Lipinski definition) is 1. The van der Waals surface area contributed by atoms with E-state index < -0.39 is 5.97 Å². The monoisotopic (exact) mass is 301 g/mol. The molecule has 0 aromatic heterocycles. The third kappa shape index (κ3) is 4.66. The molecule has 0 saturated carbocycles. The molecular weight excluding hydrogens is 289 g/mol. The van der Waals surface area contributed by atoms with Gasteiger partial charge in [-0.05, 0) is 33.6 Å². The fraction of sp³-hybridized carbons (Fsp3) is 0.250. The van der Waals surface area contributed by atoms with Crippen LogP contribution in [0, 0.1) is 5.82 Å². The van der Waals surface area contributed by atoms with Gasteiger partial charge in [-0.15, -0.1) is 6.58 Å². The molecule has 0 atom stereocenters. The van der Waals surface area contributed by atoms with Crippen LogP contribution in [0.3, 0.4) is 0 Å². The zero-order valence-electron chi connectivity index (χ0n) is 9.20. The predicted molar refractivity (Wildman–Crippen MR) is 67.2 cm³/mol. The first-order chi connectivity index (χ1) is 8.02. The van der Waals surface area contributed by atoms with E-state index in [0.717, 1.165) is 5.56 Å². The Kier molecular flexibility index (Phi) is 5.31. The van der Waals surface area contributed by atoms with Crippen molar-refractivity contribution >= 4 is 21.9 Å². The third-order valence-electron chi connectivity index (χ3n) is 2.14. The van der Waals surface area contributed by atoms with Gasteiger partial charge in [0.2, 0.25) is 0 Å². The maximum Gasteiger partial charge on any atom is 0.317 e. The van der Waals surface area contributed by atoms with Crippen molar-refractivity contribution < 1.29 is 14.3 Å². The molecule has 0 heterocycles. The normalized spacial score (nSPS) is 10.5. The number of carboxylic acid groups (broad SMARTS) is 1.